The fourth-order valence-electron chi connectivity index (χ4n) is 2.49. The zero-order valence-corrected chi connectivity index (χ0v) is 10.4. The molecule has 0 spiro atoms. The van der Waals surface area contributed by atoms with E-state index in [0.29, 0.717) is 19.3 Å². The minimum atomic E-state index is -0.177. The molecule has 0 aromatic heterocycles. The highest BCUT2D eigenvalue weighted by Crippen LogP contribution is 2.32. The minimum Gasteiger partial charge on any atom is -0.353 e. The fraction of sp³-hybridized carbons (Fsp3) is 0.538. The van der Waals surface area contributed by atoms with Crippen LogP contribution in [0.1, 0.15) is 26.2 Å². The van der Waals surface area contributed by atoms with E-state index in [1.54, 1.807) is 6.92 Å². The van der Waals surface area contributed by atoms with Crippen molar-refractivity contribution < 1.29 is 9.59 Å². The summed E-state index contributed by atoms with van der Waals surface area (Å²) in [5.41, 5.74) is 1.82. The van der Waals surface area contributed by atoms with Crippen LogP contribution in [0.3, 0.4) is 0 Å². The maximum atomic E-state index is 11.9. The first-order valence-electron chi connectivity index (χ1n) is 5.87. The molecule has 92 valence electrons. The SMILES string of the molecule is C=C1CC(N2C(=O)CC(C)C2=O)CC(=C)N1C. The second-order valence-electron chi connectivity index (χ2n) is 4.96. The fourth-order valence-corrected chi connectivity index (χ4v) is 2.49. The molecule has 2 saturated heterocycles. The third-order valence-corrected chi connectivity index (χ3v) is 3.66. The van der Waals surface area contributed by atoms with Gasteiger partial charge in [-0.2, -0.15) is 0 Å². The topological polar surface area (TPSA) is 40.6 Å². The van der Waals surface area contributed by atoms with Gasteiger partial charge >= 0.3 is 0 Å². The average Bonchev–Trinajstić information content (AvgIpc) is 2.49. The van der Waals surface area contributed by atoms with Crippen LogP contribution in [0.5, 0.6) is 0 Å². The quantitative estimate of drug-likeness (QED) is 0.646. The van der Waals surface area contributed by atoms with Gasteiger partial charge in [0.1, 0.15) is 0 Å². The predicted octanol–water partition coefficient (Wildman–Crippen LogP) is 1.50. The van der Waals surface area contributed by atoms with Gasteiger partial charge in [0.2, 0.25) is 11.8 Å². The maximum absolute atomic E-state index is 11.9. The Morgan fingerprint density at radius 1 is 1.12 bits per heavy atom. The van der Waals surface area contributed by atoms with E-state index < -0.39 is 0 Å². The van der Waals surface area contributed by atoms with E-state index in [2.05, 4.69) is 13.2 Å². The lowest BCUT2D eigenvalue weighted by atomic mass is 9.98. The number of piperidine rings is 1. The first-order valence-corrected chi connectivity index (χ1v) is 5.87. The molecule has 0 radical (unpaired) electrons. The van der Waals surface area contributed by atoms with E-state index in [-0.39, 0.29) is 23.8 Å². The lowest BCUT2D eigenvalue weighted by molar-refractivity contribution is -0.142. The number of likely N-dealkylation sites (tertiary alicyclic amines) is 2. The van der Waals surface area contributed by atoms with Gasteiger partial charge < -0.3 is 4.90 Å². The van der Waals surface area contributed by atoms with Gasteiger partial charge in [-0.1, -0.05) is 20.1 Å². The molecule has 0 aromatic carbocycles. The third kappa shape index (κ3) is 1.88. The lowest BCUT2D eigenvalue weighted by Crippen LogP contribution is -2.44. The van der Waals surface area contributed by atoms with Gasteiger partial charge in [-0.25, -0.2) is 0 Å². The second-order valence-corrected chi connectivity index (χ2v) is 4.96. The average molecular weight is 234 g/mol. The Morgan fingerprint density at radius 2 is 1.65 bits per heavy atom. The van der Waals surface area contributed by atoms with Crippen LogP contribution in [0.25, 0.3) is 0 Å². The van der Waals surface area contributed by atoms with Crippen LogP contribution < -0.4 is 0 Å². The highest BCUT2D eigenvalue weighted by atomic mass is 16.2. The van der Waals surface area contributed by atoms with Crippen LogP contribution in [0.4, 0.5) is 0 Å². The standard InChI is InChI=1S/C13H18N2O2/c1-8-5-12(16)15(13(8)17)11-6-9(2)14(4)10(3)7-11/h8,11H,2-3,5-7H2,1,4H3. The summed E-state index contributed by atoms with van der Waals surface area (Å²) < 4.78 is 0. The zero-order chi connectivity index (χ0) is 12.7. The normalized spacial score (nSPS) is 27.3. The van der Waals surface area contributed by atoms with Crippen molar-refractivity contribution in [1.82, 2.24) is 9.80 Å². The van der Waals surface area contributed by atoms with Gasteiger partial charge in [-0.3, -0.25) is 14.5 Å². The van der Waals surface area contributed by atoms with Gasteiger partial charge in [-0.15, -0.1) is 0 Å². The van der Waals surface area contributed by atoms with Crippen LogP contribution in [-0.4, -0.2) is 34.7 Å². The first-order chi connectivity index (χ1) is 7.91. The molecule has 0 N–H and O–H groups in total. The summed E-state index contributed by atoms with van der Waals surface area (Å²) in [5, 5.41) is 0. The minimum absolute atomic E-state index is 0.0508. The van der Waals surface area contributed by atoms with Crippen molar-refractivity contribution >= 4 is 11.8 Å². The number of imide groups is 1. The predicted molar refractivity (Wildman–Crippen MR) is 64.7 cm³/mol. The number of hydrogen-bond acceptors (Lipinski definition) is 3. The Bertz CT molecular complexity index is 396. The van der Waals surface area contributed by atoms with Gasteiger partial charge in [0, 0.05) is 43.6 Å². The van der Waals surface area contributed by atoms with E-state index in [4.69, 9.17) is 0 Å². The van der Waals surface area contributed by atoms with Crippen molar-refractivity contribution in [3.8, 4) is 0 Å². The molecule has 0 saturated carbocycles. The van der Waals surface area contributed by atoms with Gasteiger partial charge in [0.15, 0.2) is 0 Å². The van der Waals surface area contributed by atoms with E-state index in [1.807, 2.05) is 11.9 Å². The monoisotopic (exact) mass is 234 g/mol. The Labute approximate surface area is 102 Å². The van der Waals surface area contributed by atoms with E-state index in [1.165, 1.54) is 4.90 Å². The summed E-state index contributed by atoms with van der Waals surface area (Å²) in [6.07, 6.45) is 1.64. The van der Waals surface area contributed by atoms with Crippen molar-refractivity contribution in [3.05, 3.63) is 24.6 Å². The summed E-state index contributed by atoms with van der Waals surface area (Å²) in [7, 11) is 1.91. The summed E-state index contributed by atoms with van der Waals surface area (Å²) in [6, 6.07) is -0.0869. The number of amides is 2. The molecule has 2 aliphatic rings. The van der Waals surface area contributed by atoms with Gasteiger partial charge in [0.25, 0.3) is 0 Å². The number of carbonyl (C=O) groups is 2. The molecule has 17 heavy (non-hydrogen) atoms. The molecule has 4 nitrogen and oxygen atoms in total. The number of hydrogen-bond donors (Lipinski definition) is 0. The lowest BCUT2D eigenvalue weighted by Gasteiger charge is -2.37. The molecule has 2 heterocycles. The van der Waals surface area contributed by atoms with Gasteiger partial charge in [0.05, 0.1) is 6.04 Å². The zero-order valence-electron chi connectivity index (χ0n) is 10.4. The highest BCUT2D eigenvalue weighted by molar-refractivity contribution is 6.03. The molecule has 2 rings (SSSR count). The summed E-state index contributed by atoms with van der Waals surface area (Å²) >= 11 is 0. The number of carbonyl (C=O) groups excluding carboxylic acids is 2. The summed E-state index contributed by atoms with van der Waals surface area (Å²) in [6.45, 7) is 9.71. The highest BCUT2D eigenvalue weighted by Gasteiger charge is 2.41. The Balaban J connectivity index is 2.19. The van der Waals surface area contributed by atoms with Crippen molar-refractivity contribution in [3.63, 3.8) is 0 Å². The Kier molecular flexibility index (Phi) is 2.81. The van der Waals surface area contributed by atoms with Crippen LogP contribution >= 0.6 is 0 Å². The van der Waals surface area contributed by atoms with Crippen LogP contribution in [0.15, 0.2) is 24.6 Å². The number of nitrogens with zero attached hydrogens (tertiary/aromatic N) is 2. The molecule has 2 fully saturated rings. The molecule has 2 amide bonds. The Hall–Kier alpha value is -1.58. The second kappa shape index (κ2) is 4.02. The molecule has 1 atom stereocenters. The van der Waals surface area contributed by atoms with E-state index in [9.17, 15) is 9.59 Å². The largest absolute Gasteiger partial charge is 0.353 e. The van der Waals surface area contributed by atoms with Crippen LogP contribution in [0.2, 0.25) is 0 Å². The number of rotatable bonds is 1. The van der Waals surface area contributed by atoms with Crippen molar-refractivity contribution in [2.75, 3.05) is 7.05 Å². The van der Waals surface area contributed by atoms with Gasteiger partial charge in [-0.05, 0) is 0 Å². The Morgan fingerprint density at radius 3 is 2.06 bits per heavy atom. The third-order valence-electron chi connectivity index (χ3n) is 3.66. The molecule has 0 aromatic rings. The van der Waals surface area contributed by atoms with Crippen molar-refractivity contribution in [1.29, 1.82) is 0 Å². The maximum Gasteiger partial charge on any atom is 0.232 e. The molecular formula is C13H18N2O2. The molecule has 0 aliphatic carbocycles. The molecule has 2 aliphatic heterocycles. The van der Waals surface area contributed by atoms with Crippen LogP contribution in [0, 0.1) is 5.92 Å². The van der Waals surface area contributed by atoms with Crippen LogP contribution in [-0.2, 0) is 9.59 Å². The van der Waals surface area contributed by atoms with Crippen molar-refractivity contribution in [2.45, 2.75) is 32.2 Å². The van der Waals surface area contributed by atoms with Crippen molar-refractivity contribution in [2.24, 2.45) is 5.92 Å². The molecular weight excluding hydrogens is 216 g/mol. The first kappa shape index (κ1) is 11.9. The molecule has 1 unspecified atom stereocenters. The van der Waals surface area contributed by atoms with E-state index in [0.717, 1.165) is 11.4 Å². The summed E-state index contributed by atoms with van der Waals surface area (Å²) in [5.74, 6) is -0.286. The molecule has 4 heteroatoms. The smallest absolute Gasteiger partial charge is 0.232 e. The summed E-state index contributed by atoms with van der Waals surface area (Å²) in [4.78, 5) is 27.1. The van der Waals surface area contributed by atoms with E-state index >= 15 is 0 Å². The molecule has 0 bridgehead atoms.